The second-order valence-electron chi connectivity index (χ2n) is 8.18. The number of likely N-dealkylation sites (N-methyl/N-ethyl adjacent to an activating group) is 2. The first-order valence-electron chi connectivity index (χ1n) is 9.82. The highest BCUT2D eigenvalue weighted by atomic mass is 15.5. The second kappa shape index (κ2) is 5.85. The van der Waals surface area contributed by atoms with E-state index in [1.54, 1.807) is 0 Å². The molecule has 1 saturated heterocycles. The van der Waals surface area contributed by atoms with Gasteiger partial charge in [-0.15, -0.1) is 0 Å². The minimum Gasteiger partial charge on any atom is -0.281 e. The van der Waals surface area contributed by atoms with Crippen LogP contribution in [-0.4, -0.2) is 54.1 Å². The van der Waals surface area contributed by atoms with Crippen LogP contribution in [0.4, 0.5) is 0 Å². The molecule has 1 aliphatic carbocycles. The lowest BCUT2D eigenvalue weighted by Gasteiger charge is -2.50. The summed E-state index contributed by atoms with van der Waals surface area (Å²) in [5.74, 6) is 0. The van der Waals surface area contributed by atoms with Crippen LogP contribution >= 0.6 is 0 Å². The lowest BCUT2D eigenvalue weighted by Crippen LogP contribution is -2.66. The Kier molecular flexibility index (Phi) is 3.65. The van der Waals surface area contributed by atoms with Gasteiger partial charge >= 0.3 is 0 Å². The minimum absolute atomic E-state index is 0.00599. The van der Waals surface area contributed by atoms with Gasteiger partial charge in [0, 0.05) is 24.2 Å². The monoisotopic (exact) mass is 358 g/mol. The fourth-order valence-corrected chi connectivity index (χ4v) is 5.38. The molecule has 2 heterocycles. The van der Waals surface area contributed by atoms with Crippen LogP contribution in [-0.2, 0) is 0 Å². The van der Waals surface area contributed by atoms with Gasteiger partial charge in [-0.25, -0.2) is 0 Å². The molecule has 2 aromatic rings. The van der Waals surface area contributed by atoms with Crippen LogP contribution in [0.5, 0.6) is 0 Å². The highest BCUT2D eigenvalue weighted by molar-refractivity contribution is 6.18. The van der Waals surface area contributed by atoms with E-state index in [0.29, 0.717) is 0 Å². The maximum absolute atomic E-state index is 4.89. The Morgan fingerprint density at radius 1 is 0.778 bits per heavy atom. The molecular weight excluding hydrogens is 332 g/mol. The van der Waals surface area contributed by atoms with Crippen LogP contribution in [0.25, 0.3) is 0 Å². The highest BCUT2D eigenvalue weighted by Gasteiger charge is 2.71. The zero-order valence-electron chi connectivity index (χ0n) is 16.3. The van der Waals surface area contributed by atoms with Crippen molar-refractivity contribution in [3.8, 4) is 0 Å². The molecule has 0 radical (unpaired) electrons. The van der Waals surface area contributed by atoms with E-state index in [1.807, 2.05) is 0 Å². The summed E-state index contributed by atoms with van der Waals surface area (Å²) in [5, 5.41) is 9.76. The van der Waals surface area contributed by atoms with Crippen molar-refractivity contribution in [1.29, 1.82) is 0 Å². The second-order valence-corrected chi connectivity index (χ2v) is 8.18. The van der Waals surface area contributed by atoms with E-state index in [4.69, 9.17) is 10.2 Å². The first-order valence-corrected chi connectivity index (χ1v) is 9.82. The quantitative estimate of drug-likeness (QED) is 0.822. The zero-order chi connectivity index (χ0) is 18.6. The lowest BCUT2D eigenvalue weighted by atomic mass is 9.74. The summed E-state index contributed by atoms with van der Waals surface area (Å²) in [6, 6.07) is 19.2. The average molecular weight is 358 g/mol. The molecule has 2 fully saturated rings. The van der Waals surface area contributed by atoms with Gasteiger partial charge in [0.05, 0.1) is 11.1 Å². The molecule has 4 nitrogen and oxygen atoms in total. The van der Waals surface area contributed by atoms with E-state index in [9.17, 15) is 0 Å². The van der Waals surface area contributed by atoms with Crippen molar-refractivity contribution in [2.24, 2.45) is 15.6 Å². The van der Waals surface area contributed by atoms with Gasteiger partial charge in [0.1, 0.15) is 11.4 Å². The Bertz CT molecular complexity index is 930. The molecule has 4 heteroatoms. The maximum atomic E-state index is 4.89. The predicted molar refractivity (Wildman–Crippen MR) is 110 cm³/mol. The van der Waals surface area contributed by atoms with Crippen molar-refractivity contribution in [1.82, 2.24) is 9.80 Å². The zero-order valence-corrected chi connectivity index (χ0v) is 16.3. The molecule has 3 aliphatic rings. The molecule has 0 bridgehead atoms. The molecule has 138 valence electrons. The van der Waals surface area contributed by atoms with Crippen LogP contribution in [0.1, 0.15) is 29.5 Å². The molecule has 0 aromatic heterocycles. The number of aryl methyl sites for hydroxylation is 1. The van der Waals surface area contributed by atoms with Crippen molar-refractivity contribution in [2.45, 2.75) is 25.4 Å². The van der Waals surface area contributed by atoms with Gasteiger partial charge in [-0.2, -0.15) is 10.2 Å². The van der Waals surface area contributed by atoms with E-state index in [0.717, 1.165) is 31.6 Å². The van der Waals surface area contributed by atoms with E-state index < -0.39 is 0 Å². The molecule has 1 saturated carbocycles. The number of hydrogen-bond donors (Lipinski definition) is 0. The summed E-state index contributed by atoms with van der Waals surface area (Å²) in [6.45, 7) is 4.27. The van der Waals surface area contributed by atoms with Crippen LogP contribution in [0, 0.1) is 12.3 Å². The molecule has 27 heavy (non-hydrogen) atoms. The van der Waals surface area contributed by atoms with E-state index in [1.165, 1.54) is 22.4 Å². The first-order chi connectivity index (χ1) is 13.1. The smallest absolute Gasteiger partial charge is 0.131 e. The Balaban J connectivity index is 1.78. The normalized spacial score (nSPS) is 23.5. The fourth-order valence-electron chi connectivity index (χ4n) is 5.38. The molecule has 5 rings (SSSR count). The number of hydrogen-bond acceptors (Lipinski definition) is 4. The van der Waals surface area contributed by atoms with Crippen molar-refractivity contribution < 1.29 is 0 Å². The van der Waals surface area contributed by atoms with Crippen molar-refractivity contribution >= 4 is 11.4 Å². The van der Waals surface area contributed by atoms with E-state index in [-0.39, 0.29) is 11.1 Å². The van der Waals surface area contributed by atoms with E-state index >= 15 is 0 Å². The topological polar surface area (TPSA) is 31.2 Å². The predicted octanol–water partition coefficient (Wildman–Crippen LogP) is 3.56. The van der Waals surface area contributed by atoms with Gasteiger partial charge in [-0.1, -0.05) is 54.6 Å². The standard InChI is InChI=1S/C23H26N4/c1-17-9-7-8-12-19(17)21-22(13-14-22)23(26(2)15-16-27(23)3)20(24-25-21)18-10-5-4-6-11-18/h4-12H,13-16H2,1-3H3. The van der Waals surface area contributed by atoms with Crippen molar-refractivity contribution in [2.75, 3.05) is 27.2 Å². The summed E-state index contributed by atoms with van der Waals surface area (Å²) >= 11 is 0. The van der Waals surface area contributed by atoms with Gasteiger partial charge in [-0.05, 0) is 39.4 Å². The molecule has 2 aliphatic heterocycles. The molecule has 2 spiro atoms. The molecule has 2 aromatic carbocycles. The van der Waals surface area contributed by atoms with Gasteiger partial charge in [0.2, 0.25) is 0 Å². The van der Waals surface area contributed by atoms with Crippen molar-refractivity contribution in [3.63, 3.8) is 0 Å². The fraction of sp³-hybridized carbons (Fsp3) is 0.391. The summed E-state index contributed by atoms with van der Waals surface area (Å²) < 4.78 is 0. The van der Waals surface area contributed by atoms with Crippen LogP contribution in [0.3, 0.4) is 0 Å². The SMILES string of the molecule is Cc1ccccc1C1=NN=C(c2ccccc2)C2(N(C)CCN2C)C12CC2. The molecule has 0 amide bonds. The third-order valence-corrected chi connectivity index (χ3v) is 6.77. The minimum atomic E-state index is -0.228. The Morgan fingerprint density at radius 3 is 2.00 bits per heavy atom. The van der Waals surface area contributed by atoms with Crippen LogP contribution in [0.15, 0.2) is 64.8 Å². The maximum Gasteiger partial charge on any atom is 0.131 e. The van der Waals surface area contributed by atoms with Crippen LogP contribution < -0.4 is 0 Å². The number of rotatable bonds is 2. The third kappa shape index (κ3) is 2.11. The third-order valence-electron chi connectivity index (χ3n) is 6.77. The number of benzene rings is 2. The molecule has 0 N–H and O–H groups in total. The Hall–Kier alpha value is -2.30. The molecular formula is C23H26N4. The van der Waals surface area contributed by atoms with Gasteiger partial charge in [0.25, 0.3) is 0 Å². The molecule has 0 atom stereocenters. The number of fused-ring (bicyclic) bond motifs is 1. The van der Waals surface area contributed by atoms with Crippen molar-refractivity contribution in [3.05, 3.63) is 71.3 Å². The lowest BCUT2D eigenvalue weighted by molar-refractivity contribution is 0.0713. The molecule has 0 unspecified atom stereocenters. The van der Waals surface area contributed by atoms with Crippen LogP contribution in [0.2, 0.25) is 0 Å². The van der Waals surface area contributed by atoms with Gasteiger partial charge in [-0.3, -0.25) is 9.80 Å². The largest absolute Gasteiger partial charge is 0.281 e. The first kappa shape index (κ1) is 16.8. The summed E-state index contributed by atoms with van der Waals surface area (Å²) in [5.41, 5.74) is 5.75. The number of nitrogens with zero attached hydrogens (tertiary/aromatic N) is 4. The summed E-state index contributed by atoms with van der Waals surface area (Å²) in [6.07, 6.45) is 2.31. The Labute approximate surface area is 161 Å². The van der Waals surface area contributed by atoms with Gasteiger partial charge in [0.15, 0.2) is 0 Å². The average Bonchev–Trinajstić information content (AvgIpc) is 3.42. The van der Waals surface area contributed by atoms with E-state index in [2.05, 4.69) is 85.4 Å². The Morgan fingerprint density at radius 2 is 1.37 bits per heavy atom. The summed E-state index contributed by atoms with van der Waals surface area (Å²) in [7, 11) is 4.51. The summed E-state index contributed by atoms with van der Waals surface area (Å²) in [4.78, 5) is 5.03. The highest BCUT2D eigenvalue weighted by Crippen LogP contribution is 2.62. The van der Waals surface area contributed by atoms with Gasteiger partial charge < -0.3 is 0 Å².